The Bertz CT molecular complexity index is 1260. The highest BCUT2D eigenvalue weighted by Crippen LogP contribution is 2.38. The summed E-state index contributed by atoms with van der Waals surface area (Å²) in [4.78, 5) is 15.3. The highest BCUT2D eigenvalue weighted by atomic mass is 16.3. The first kappa shape index (κ1) is 18.0. The second-order valence-electron chi connectivity index (χ2n) is 7.52. The number of nitrogens with one attached hydrogen (secondary N) is 1. The molecule has 0 atom stereocenters. The van der Waals surface area contributed by atoms with E-state index in [-0.39, 0.29) is 23.1 Å². The van der Waals surface area contributed by atoms with E-state index in [2.05, 4.69) is 15.7 Å². The Hall–Kier alpha value is -3.41. The van der Waals surface area contributed by atoms with Crippen molar-refractivity contribution in [2.75, 3.05) is 0 Å². The zero-order chi connectivity index (χ0) is 20.2. The number of phenols is 2. The van der Waals surface area contributed by atoms with Crippen LogP contribution in [0.4, 0.5) is 0 Å². The van der Waals surface area contributed by atoms with Gasteiger partial charge < -0.3 is 19.8 Å². The number of hydrogen-bond donors (Lipinski definition) is 3. The molecular weight excluding hydrogens is 354 g/mol. The molecule has 0 amide bonds. The first-order valence-corrected chi connectivity index (χ1v) is 9.20. The molecule has 0 bridgehead atoms. The third-order valence-electron chi connectivity index (χ3n) is 5.25. The lowest BCUT2D eigenvalue weighted by Crippen LogP contribution is -2.15. The van der Waals surface area contributed by atoms with Gasteiger partial charge in [-0.3, -0.25) is 4.57 Å². The van der Waals surface area contributed by atoms with Crippen LogP contribution in [-0.4, -0.2) is 24.3 Å². The standard InChI is InChI=1S/C22H23N3O3/c1-12(2)15-8-17(21(27)9-20(15)26)19-10-23-22(28)25(19)14-5-6-18-16(7-14)13(3)11-24(18)4/h5-12,26-27H,1-4H3,(H,23,28). The third kappa shape index (κ3) is 2.69. The first-order chi connectivity index (χ1) is 13.3. The van der Waals surface area contributed by atoms with Gasteiger partial charge in [0.1, 0.15) is 11.5 Å². The first-order valence-electron chi connectivity index (χ1n) is 9.20. The zero-order valence-corrected chi connectivity index (χ0v) is 16.3. The second kappa shape index (κ2) is 6.34. The number of hydrogen-bond acceptors (Lipinski definition) is 3. The molecule has 0 aliphatic carbocycles. The molecule has 0 fully saturated rings. The highest BCUT2D eigenvalue weighted by molar-refractivity contribution is 5.86. The van der Waals surface area contributed by atoms with Gasteiger partial charge in [0.15, 0.2) is 0 Å². The number of phenolic OH excluding ortho intramolecular Hbond substituents is 2. The fourth-order valence-electron chi connectivity index (χ4n) is 3.80. The number of imidazole rings is 1. The lowest BCUT2D eigenvalue weighted by Gasteiger charge is -2.14. The maximum Gasteiger partial charge on any atom is 0.330 e. The number of aromatic amines is 1. The lowest BCUT2D eigenvalue weighted by atomic mass is 9.97. The van der Waals surface area contributed by atoms with Crippen LogP contribution in [0.3, 0.4) is 0 Å². The van der Waals surface area contributed by atoms with E-state index >= 15 is 0 Å². The van der Waals surface area contributed by atoms with Crippen LogP contribution in [0.1, 0.15) is 30.9 Å². The van der Waals surface area contributed by atoms with Crippen LogP contribution < -0.4 is 5.69 Å². The number of nitrogens with zero attached hydrogens (tertiary/aromatic N) is 2. The maximum atomic E-state index is 12.6. The van der Waals surface area contributed by atoms with Crippen molar-refractivity contribution < 1.29 is 10.2 Å². The van der Waals surface area contributed by atoms with Gasteiger partial charge in [0, 0.05) is 42.0 Å². The van der Waals surface area contributed by atoms with E-state index in [1.165, 1.54) is 6.07 Å². The van der Waals surface area contributed by atoms with Gasteiger partial charge in [0.05, 0.1) is 11.4 Å². The van der Waals surface area contributed by atoms with Gasteiger partial charge in [0.2, 0.25) is 0 Å². The van der Waals surface area contributed by atoms with Crippen molar-refractivity contribution in [3.63, 3.8) is 0 Å². The minimum atomic E-state index is -0.290. The molecule has 144 valence electrons. The van der Waals surface area contributed by atoms with Crippen LogP contribution in [0.15, 0.2) is 47.5 Å². The van der Waals surface area contributed by atoms with Gasteiger partial charge >= 0.3 is 5.69 Å². The average Bonchev–Trinajstić information content (AvgIpc) is 3.14. The predicted octanol–water partition coefficient (Wildman–Crippen LogP) is 4.17. The highest BCUT2D eigenvalue weighted by Gasteiger charge is 2.18. The Morgan fingerprint density at radius 2 is 1.82 bits per heavy atom. The van der Waals surface area contributed by atoms with Crippen LogP contribution in [0.25, 0.3) is 27.8 Å². The third-order valence-corrected chi connectivity index (χ3v) is 5.25. The van der Waals surface area contributed by atoms with Crippen LogP contribution in [0.5, 0.6) is 11.5 Å². The maximum absolute atomic E-state index is 12.6. The number of aromatic nitrogens is 3. The molecule has 0 radical (unpaired) electrons. The number of benzene rings is 2. The summed E-state index contributed by atoms with van der Waals surface area (Å²) in [5.74, 6) is 0.0374. The van der Waals surface area contributed by atoms with Crippen molar-refractivity contribution >= 4 is 10.9 Å². The number of fused-ring (bicyclic) bond motifs is 1. The molecule has 3 N–H and O–H groups in total. The van der Waals surface area contributed by atoms with Gasteiger partial charge in [-0.1, -0.05) is 13.8 Å². The number of H-pyrrole nitrogens is 1. The summed E-state index contributed by atoms with van der Waals surface area (Å²) in [7, 11) is 1.99. The SMILES string of the molecule is Cc1cn(C)c2ccc(-n3c(-c4cc(C(C)C)c(O)cc4O)c[nH]c3=O)cc12. The van der Waals surface area contributed by atoms with E-state index in [1.807, 2.05) is 46.0 Å². The fourth-order valence-corrected chi connectivity index (χ4v) is 3.80. The van der Waals surface area contributed by atoms with Crippen LogP contribution in [0.2, 0.25) is 0 Å². The molecule has 2 aromatic carbocycles. The summed E-state index contributed by atoms with van der Waals surface area (Å²) in [5, 5.41) is 21.7. The van der Waals surface area contributed by atoms with Crippen molar-refractivity contribution in [2.24, 2.45) is 7.05 Å². The smallest absolute Gasteiger partial charge is 0.330 e. The van der Waals surface area contributed by atoms with Gasteiger partial charge in [0.25, 0.3) is 0 Å². The van der Waals surface area contributed by atoms with Gasteiger partial charge in [-0.2, -0.15) is 0 Å². The molecule has 2 aromatic heterocycles. The summed E-state index contributed by atoms with van der Waals surface area (Å²) in [6.07, 6.45) is 3.64. The summed E-state index contributed by atoms with van der Waals surface area (Å²) in [5.41, 5.74) is 4.37. The number of aromatic hydroxyl groups is 2. The molecule has 28 heavy (non-hydrogen) atoms. The van der Waals surface area contributed by atoms with E-state index in [4.69, 9.17) is 0 Å². The average molecular weight is 377 g/mol. The Morgan fingerprint density at radius 3 is 2.54 bits per heavy atom. The van der Waals surface area contributed by atoms with Crippen molar-refractivity contribution in [1.82, 2.24) is 14.1 Å². The van der Waals surface area contributed by atoms with Gasteiger partial charge in [-0.25, -0.2) is 4.79 Å². The molecule has 2 heterocycles. The molecule has 6 heteroatoms. The Morgan fingerprint density at radius 1 is 1.07 bits per heavy atom. The summed E-state index contributed by atoms with van der Waals surface area (Å²) >= 11 is 0. The topological polar surface area (TPSA) is 83.2 Å². The monoisotopic (exact) mass is 377 g/mol. The van der Waals surface area contributed by atoms with Gasteiger partial charge in [-0.05, 0) is 48.2 Å². The Balaban J connectivity index is 1.96. The van der Waals surface area contributed by atoms with Gasteiger partial charge in [-0.15, -0.1) is 0 Å². The molecule has 4 rings (SSSR count). The minimum absolute atomic E-state index is 0.0435. The summed E-state index contributed by atoms with van der Waals surface area (Å²) in [6.45, 7) is 5.96. The molecule has 6 nitrogen and oxygen atoms in total. The van der Waals surface area contributed by atoms with Crippen LogP contribution >= 0.6 is 0 Å². The molecule has 0 spiro atoms. The fraction of sp³-hybridized carbons (Fsp3) is 0.227. The molecule has 0 saturated carbocycles. The second-order valence-corrected chi connectivity index (χ2v) is 7.52. The zero-order valence-electron chi connectivity index (χ0n) is 16.3. The quantitative estimate of drug-likeness (QED) is 0.501. The van der Waals surface area contributed by atoms with E-state index in [0.717, 1.165) is 16.5 Å². The van der Waals surface area contributed by atoms with Crippen molar-refractivity contribution in [2.45, 2.75) is 26.7 Å². The predicted molar refractivity (Wildman–Crippen MR) is 110 cm³/mol. The molecule has 4 aromatic rings. The minimum Gasteiger partial charge on any atom is -0.508 e. The van der Waals surface area contributed by atoms with Crippen LogP contribution in [0, 0.1) is 6.92 Å². The van der Waals surface area contributed by atoms with E-state index in [1.54, 1.807) is 16.8 Å². The molecule has 0 unspecified atom stereocenters. The number of aryl methyl sites for hydroxylation is 2. The summed E-state index contributed by atoms with van der Waals surface area (Å²) < 4.78 is 3.60. The lowest BCUT2D eigenvalue weighted by molar-refractivity contribution is 0.445. The Labute approximate surface area is 162 Å². The summed E-state index contributed by atoms with van der Waals surface area (Å²) in [6, 6.07) is 8.92. The molecule has 0 aliphatic heterocycles. The van der Waals surface area contributed by atoms with E-state index in [0.29, 0.717) is 22.5 Å². The van der Waals surface area contributed by atoms with Crippen molar-refractivity contribution in [3.8, 4) is 28.4 Å². The van der Waals surface area contributed by atoms with Crippen LogP contribution in [-0.2, 0) is 7.05 Å². The Kier molecular flexibility index (Phi) is 4.07. The van der Waals surface area contributed by atoms with Crippen molar-refractivity contribution in [3.05, 3.63) is 64.3 Å². The number of rotatable bonds is 3. The molecule has 0 saturated heterocycles. The van der Waals surface area contributed by atoms with E-state index in [9.17, 15) is 15.0 Å². The van der Waals surface area contributed by atoms with E-state index < -0.39 is 0 Å². The van der Waals surface area contributed by atoms with Crippen molar-refractivity contribution in [1.29, 1.82) is 0 Å². The molecule has 0 aliphatic rings. The normalized spacial score (nSPS) is 11.6. The largest absolute Gasteiger partial charge is 0.508 e. The molecular formula is C22H23N3O3.